The van der Waals surface area contributed by atoms with Gasteiger partial charge in [-0.3, -0.25) is 0 Å². The lowest BCUT2D eigenvalue weighted by Crippen LogP contribution is -1.77. The monoisotopic (exact) mass is 264 g/mol. The Kier molecular flexibility index (Phi) is 3.05. The molecule has 2 N–H and O–H groups in total. The molecule has 0 fully saturated rings. The molecule has 0 aromatic heterocycles. The number of phenolic OH excluding ortho intramolecular Hbond substituents is 2. The molecular weight excluding hydrogens is 252 g/mol. The van der Waals surface area contributed by atoms with Crippen LogP contribution in [0.15, 0.2) is 70.9 Å². The van der Waals surface area contributed by atoms with Crippen molar-refractivity contribution in [2.75, 3.05) is 0 Å². The predicted molar refractivity (Wildman–Crippen MR) is 77.9 cm³/mol. The van der Waals surface area contributed by atoms with Crippen LogP contribution in [0.3, 0.4) is 0 Å². The molecule has 3 aromatic rings. The Hall–Kier alpha value is -2.88. The van der Waals surface area contributed by atoms with E-state index in [9.17, 15) is 10.2 Å². The van der Waals surface area contributed by atoms with E-state index in [4.69, 9.17) is 0 Å². The summed E-state index contributed by atoms with van der Waals surface area (Å²) in [6, 6.07) is 17.7. The zero-order valence-corrected chi connectivity index (χ0v) is 10.6. The molecule has 0 aliphatic carbocycles. The molecule has 4 nitrogen and oxygen atoms in total. The van der Waals surface area contributed by atoms with E-state index in [1.807, 2.05) is 42.5 Å². The first-order valence-corrected chi connectivity index (χ1v) is 6.16. The van der Waals surface area contributed by atoms with Crippen LogP contribution in [0.4, 0.5) is 11.4 Å². The van der Waals surface area contributed by atoms with Crippen molar-refractivity contribution < 1.29 is 10.2 Å². The summed E-state index contributed by atoms with van der Waals surface area (Å²) in [5.74, 6) is -0.0716. The fourth-order valence-corrected chi connectivity index (χ4v) is 2.03. The first-order chi connectivity index (χ1) is 9.75. The minimum Gasteiger partial charge on any atom is -0.507 e. The second-order valence-corrected chi connectivity index (χ2v) is 4.34. The summed E-state index contributed by atoms with van der Waals surface area (Å²) in [7, 11) is 0. The van der Waals surface area contributed by atoms with Crippen LogP contribution < -0.4 is 0 Å². The van der Waals surface area contributed by atoms with Crippen molar-refractivity contribution >= 4 is 22.1 Å². The zero-order chi connectivity index (χ0) is 13.9. The van der Waals surface area contributed by atoms with Gasteiger partial charge in [-0.05, 0) is 12.1 Å². The highest BCUT2D eigenvalue weighted by Gasteiger charge is 2.10. The minimum absolute atomic E-state index is 0.0248. The molecular formula is C16H12N2O2. The quantitative estimate of drug-likeness (QED) is 0.661. The van der Waals surface area contributed by atoms with Crippen molar-refractivity contribution in [2.45, 2.75) is 0 Å². The molecule has 3 rings (SSSR count). The Labute approximate surface area is 115 Å². The first kappa shape index (κ1) is 12.2. The number of phenols is 2. The SMILES string of the molecule is Oc1cc(O)c2ccccc2c1N=Nc1ccccc1. The minimum atomic E-state index is -0.0964. The predicted octanol–water partition coefficient (Wildman–Crippen LogP) is 4.67. The number of azo groups is 1. The van der Waals surface area contributed by atoms with E-state index in [1.54, 1.807) is 12.1 Å². The maximum absolute atomic E-state index is 9.95. The van der Waals surface area contributed by atoms with Gasteiger partial charge in [-0.15, -0.1) is 5.11 Å². The first-order valence-electron chi connectivity index (χ1n) is 6.16. The third-order valence-corrected chi connectivity index (χ3v) is 3.00. The third kappa shape index (κ3) is 2.19. The number of nitrogens with zero attached hydrogens (tertiary/aromatic N) is 2. The number of hydrogen-bond donors (Lipinski definition) is 2. The van der Waals surface area contributed by atoms with Gasteiger partial charge in [0.05, 0.1) is 5.69 Å². The molecule has 98 valence electrons. The summed E-state index contributed by atoms with van der Waals surface area (Å²) in [6.07, 6.45) is 0. The molecule has 0 saturated heterocycles. The Morgan fingerprint density at radius 3 is 2.05 bits per heavy atom. The second kappa shape index (κ2) is 5.01. The van der Waals surface area contributed by atoms with Gasteiger partial charge >= 0.3 is 0 Å². The number of rotatable bonds is 2. The highest BCUT2D eigenvalue weighted by atomic mass is 16.3. The highest BCUT2D eigenvalue weighted by Crippen LogP contribution is 2.40. The van der Waals surface area contributed by atoms with E-state index < -0.39 is 0 Å². The van der Waals surface area contributed by atoms with E-state index in [1.165, 1.54) is 6.07 Å². The molecule has 0 aliphatic heterocycles. The van der Waals surface area contributed by atoms with Gasteiger partial charge in [0.2, 0.25) is 0 Å². The lowest BCUT2D eigenvalue weighted by atomic mass is 10.1. The summed E-state index contributed by atoms with van der Waals surface area (Å²) in [6.45, 7) is 0. The standard InChI is InChI=1S/C16H12N2O2/c19-14-10-15(20)16(13-9-5-4-8-12(13)14)18-17-11-6-2-1-3-7-11/h1-10,19-20H. The van der Waals surface area contributed by atoms with Crippen LogP contribution >= 0.6 is 0 Å². The van der Waals surface area contributed by atoms with Gasteiger partial charge in [0.25, 0.3) is 0 Å². The van der Waals surface area contributed by atoms with Gasteiger partial charge in [-0.25, -0.2) is 0 Å². The van der Waals surface area contributed by atoms with Crippen molar-refractivity contribution in [3.05, 3.63) is 60.7 Å². The topological polar surface area (TPSA) is 65.2 Å². The molecule has 0 radical (unpaired) electrons. The Morgan fingerprint density at radius 1 is 0.650 bits per heavy atom. The number of fused-ring (bicyclic) bond motifs is 1. The summed E-state index contributed by atoms with van der Waals surface area (Å²) in [5.41, 5.74) is 1.05. The molecule has 0 bridgehead atoms. The third-order valence-electron chi connectivity index (χ3n) is 3.00. The van der Waals surface area contributed by atoms with Gasteiger partial charge in [-0.2, -0.15) is 5.11 Å². The fraction of sp³-hybridized carbons (Fsp3) is 0. The van der Waals surface area contributed by atoms with E-state index in [0.717, 1.165) is 0 Å². The van der Waals surface area contributed by atoms with Crippen LogP contribution in [-0.4, -0.2) is 10.2 Å². The molecule has 0 atom stereocenters. The zero-order valence-electron chi connectivity index (χ0n) is 10.6. The normalized spacial score (nSPS) is 11.2. The van der Waals surface area contributed by atoms with Gasteiger partial charge in [-0.1, -0.05) is 42.5 Å². The van der Waals surface area contributed by atoms with Crippen LogP contribution in [0, 0.1) is 0 Å². The molecule has 0 amide bonds. The largest absolute Gasteiger partial charge is 0.507 e. The van der Waals surface area contributed by atoms with Crippen molar-refractivity contribution in [3.8, 4) is 11.5 Å². The van der Waals surface area contributed by atoms with Crippen LogP contribution in [-0.2, 0) is 0 Å². The fourth-order valence-electron chi connectivity index (χ4n) is 2.03. The van der Waals surface area contributed by atoms with E-state index >= 15 is 0 Å². The second-order valence-electron chi connectivity index (χ2n) is 4.34. The van der Waals surface area contributed by atoms with Crippen molar-refractivity contribution in [3.63, 3.8) is 0 Å². The van der Waals surface area contributed by atoms with Gasteiger partial charge in [0.1, 0.15) is 17.2 Å². The van der Waals surface area contributed by atoms with Crippen molar-refractivity contribution in [2.24, 2.45) is 10.2 Å². The summed E-state index contributed by atoms with van der Waals surface area (Å²) >= 11 is 0. The molecule has 0 unspecified atom stereocenters. The Morgan fingerprint density at radius 2 is 1.30 bits per heavy atom. The van der Waals surface area contributed by atoms with Crippen LogP contribution in [0.2, 0.25) is 0 Å². The molecule has 0 aliphatic rings. The summed E-state index contributed by atoms with van der Waals surface area (Å²) < 4.78 is 0. The molecule has 0 heterocycles. The van der Waals surface area contributed by atoms with Gasteiger partial charge in [0, 0.05) is 16.8 Å². The lowest BCUT2D eigenvalue weighted by molar-refractivity contribution is 0.456. The average molecular weight is 264 g/mol. The Balaban J connectivity index is 2.14. The van der Waals surface area contributed by atoms with Gasteiger partial charge in [0.15, 0.2) is 0 Å². The molecule has 4 heteroatoms. The van der Waals surface area contributed by atoms with E-state index in [-0.39, 0.29) is 11.5 Å². The smallest absolute Gasteiger partial charge is 0.147 e. The van der Waals surface area contributed by atoms with E-state index in [2.05, 4.69) is 10.2 Å². The maximum Gasteiger partial charge on any atom is 0.147 e. The van der Waals surface area contributed by atoms with Crippen LogP contribution in [0.1, 0.15) is 0 Å². The lowest BCUT2D eigenvalue weighted by Gasteiger charge is -2.06. The number of benzene rings is 3. The Bertz CT molecular complexity index is 783. The average Bonchev–Trinajstić information content (AvgIpc) is 2.48. The maximum atomic E-state index is 9.95. The number of aromatic hydroxyl groups is 2. The summed E-state index contributed by atoms with van der Waals surface area (Å²) in [5, 5.41) is 29.3. The van der Waals surface area contributed by atoms with Crippen molar-refractivity contribution in [1.29, 1.82) is 0 Å². The molecule has 0 saturated carbocycles. The van der Waals surface area contributed by atoms with E-state index in [0.29, 0.717) is 22.1 Å². The molecule has 3 aromatic carbocycles. The molecule has 20 heavy (non-hydrogen) atoms. The van der Waals surface area contributed by atoms with Crippen LogP contribution in [0.5, 0.6) is 11.5 Å². The van der Waals surface area contributed by atoms with Gasteiger partial charge < -0.3 is 10.2 Å². The van der Waals surface area contributed by atoms with Crippen molar-refractivity contribution in [1.82, 2.24) is 0 Å². The molecule has 0 spiro atoms. The number of hydrogen-bond acceptors (Lipinski definition) is 4. The summed E-state index contributed by atoms with van der Waals surface area (Å²) in [4.78, 5) is 0. The van der Waals surface area contributed by atoms with Crippen LogP contribution in [0.25, 0.3) is 10.8 Å². The highest BCUT2D eigenvalue weighted by molar-refractivity contribution is 5.99.